The van der Waals surface area contributed by atoms with Crippen LogP contribution in [0.2, 0.25) is 0 Å². The quantitative estimate of drug-likeness (QED) is 0.343. The molecule has 5 rings (SSSR count). The van der Waals surface area contributed by atoms with Gasteiger partial charge >= 0.3 is 5.97 Å². The smallest absolute Gasteiger partial charge is 0.310 e. The standard InChI is InChI=1S/C30H48O6/c1-16-10-13-30(24(34)35)15-14-26(4)17(21(30)29(16,7)36)8-9-19-27(26,5)12-11-18-25(2,3)22(32)20(31)23(33)28(18,19)6/h8,16,18-23,31-33,36H,9-15H2,1-7H3,(H,34,35)/t16?,18-,19-,20?,21+,22?,23?,26+,27+,28-,29+,30-/m0/s1. The molecular weight excluding hydrogens is 456 g/mol. The number of allylic oxidation sites excluding steroid dienone is 1. The van der Waals surface area contributed by atoms with Crippen molar-refractivity contribution in [1.29, 1.82) is 0 Å². The monoisotopic (exact) mass is 504 g/mol. The zero-order valence-electron chi connectivity index (χ0n) is 23.2. The molecule has 5 aliphatic carbocycles. The molecule has 4 fully saturated rings. The molecule has 36 heavy (non-hydrogen) atoms. The number of aliphatic hydroxyl groups excluding tert-OH is 3. The molecule has 0 aromatic carbocycles. The van der Waals surface area contributed by atoms with E-state index in [9.17, 15) is 30.3 Å². The molecule has 0 spiro atoms. The average Bonchev–Trinajstić information content (AvgIpc) is 2.79. The average molecular weight is 505 g/mol. The van der Waals surface area contributed by atoms with Gasteiger partial charge in [-0.15, -0.1) is 0 Å². The Labute approximate surface area is 216 Å². The highest BCUT2D eigenvalue weighted by Crippen LogP contribution is 2.76. The van der Waals surface area contributed by atoms with Crippen molar-refractivity contribution in [2.24, 2.45) is 50.7 Å². The van der Waals surface area contributed by atoms with Crippen LogP contribution in [0.4, 0.5) is 0 Å². The summed E-state index contributed by atoms with van der Waals surface area (Å²) < 4.78 is 0. The van der Waals surface area contributed by atoms with E-state index >= 15 is 0 Å². The minimum Gasteiger partial charge on any atom is -0.481 e. The van der Waals surface area contributed by atoms with Gasteiger partial charge in [0.15, 0.2) is 0 Å². The van der Waals surface area contributed by atoms with E-state index < -0.39 is 52.0 Å². The second-order valence-electron chi connectivity index (χ2n) is 14.9. The first-order valence-corrected chi connectivity index (χ1v) is 14.1. The van der Waals surface area contributed by atoms with E-state index in [4.69, 9.17) is 0 Å². The van der Waals surface area contributed by atoms with Gasteiger partial charge in [-0.05, 0) is 85.9 Å². The molecule has 0 aromatic rings. The van der Waals surface area contributed by atoms with Crippen LogP contribution in [0, 0.1) is 50.7 Å². The number of hydrogen-bond acceptors (Lipinski definition) is 5. The van der Waals surface area contributed by atoms with E-state index in [0.29, 0.717) is 25.7 Å². The van der Waals surface area contributed by atoms with Crippen molar-refractivity contribution in [3.63, 3.8) is 0 Å². The Morgan fingerprint density at radius 1 is 0.889 bits per heavy atom. The summed E-state index contributed by atoms with van der Waals surface area (Å²) in [5.41, 5.74) is -2.63. The zero-order chi connectivity index (χ0) is 26.9. The highest BCUT2D eigenvalue weighted by molar-refractivity contribution is 5.77. The maximum atomic E-state index is 12.8. The molecule has 5 N–H and O–H groups in total. The second kappa shape index (κ2) is 7.58. The molecule has 0 heterocycles. The second-order valence-corrected chi connectivity index (χ2v) is 14.9. The molecule has 4 unspecified atom stereocenters. The topological polar surface area (TPSA) is 118 Å². The molecule has 0 amide bonds. The van der Waals surface area contributed by atoms with E-state index in [1.807, 2.05) is 27.7 Å². The van der Waals surface area contributed by atoms with Crippen molar-refractivity contribution in [3.8, 4) is 0 Å². The van der Waals surface area contributed by atoms with Gasteiger partial charge in [0.2, 0.25) is 0 Å². The maximum Gasteiger partial charge on any atom is 0.310 e. The summed E-state index contributed by atoms with van der Waals surface area (Å²) >= 11 is 0. The number of hydrogen-bond donors (Lipinski definition) is 5. The fourth-order valence-electron chi connectivity index (χ4n) is 10.9. The van der Waals surface area contributed by atoms with Crippen molar-refractivity contribution in [2.45, 2.75) is 117 Å². The molecule has 6 heteroatoms. The number of carbonyl (C=O) groups is 1. The first kappa shape index (κ1) is 26.6. The summed E-state index contributed by atoms with van der Waals surface area (Å²) in [4.78, 5) is 12.8. The van der Waals surface area contributed by atoms with Crippen molar-refractivity contribution in [2.75, 3.05) is 0 Å². The lowest BCUT2D eigenvalue weighted by Gasteiger charge is -2.72. The predicted molar refractivity (Wildman–Crippen MR) is 137 cm³/mol. The van der Waals surface area contributed by atoms with Crippen LogP contribution in [0.25, 0.3) is 0 Å². The molecular formula is C30H48O6. The molecule has 204 valence electrons. The molecule has 4 saturated carbocycles. The highest BCUT2D eigenvalue weighted by atomic mass is 16.4. The van der Waals surface area contributed by atoms with Gasteiger partial charge < -0.3 is 25.5 Å². The van der Waals surface area contributed by atoms with Crippen LogP contribution >= 0.6 is 0 Å². The van der Waals surface area contributed by atoms with Crippen LogP contribution in [-0.2, 0) is 4.79 Å². The Hall–Kier alpha value is -0.950. The van der Waals surface area contributed by atoms with E-state index in [0.717, 1.165) is 24.8 Å². The van der Waals surface area contributed by atoms with E-state index in [1.54, 1.807) is 0 Å². The van der Waals surface area contributed by atoms with Crippen LogP contribution in [0.5, 0.6) is 0 Å². The third-order valence-electron chi connectivity index (χ3n) is 13.6. The number of carboxylic acids is 1. The molecule has 0 aromatic heterocycles. The normalized spacial score (nSPS) is 58.0. The summed E-state index contributed by atoms with van der Waals surface area (Å²) in [6.45, 7) is 14.7. The van der Waals surface area contributed by atoms with Crippen molar-refractivity contribution < 1.29 is 30.3 Å². The van der Waals surface area contributed by atoms with Crippen LogP contribution in [-0.4, -0.2) is 55.4 Å². The van der Waals surface area contributed by atoms with Crippen LogP contribution in [0.3, 0.4) is 0 Å². The van der Waals surface area contributed by atoms with Crippen molar-refractivity contribution in [1.82, 2.24) is 0 Å². The summed E-state index contributed by atoms with van der Waals surface area (Å²) in [6, 6.07) is 0. The minimum absolute atomic E-state index is 0.00890. The van der Waals surface area contributed by atoms with Gasteiger partial charge in [0.25, 0.3) is 0 Å². The first-order chi connectivity index (χ1) is 16.4. The Morgan fingerprint density at radius 3 is 2.14 bits per heavy atom. The lowest BCUT2D eigenvalue weighted by Crippen LogP contribution is -2.72. The van der Waals surface area contributed by atoms with Crippen molar-refractivity contribution in [3.05, 3.63) is 11.6 Å². The van der Waals surface area contributed by atoms with Crippen LogP contribution in [0.1, 0.15) is 93.4 Å². The number of carboxylic acid groups (broad SMARTS) is 1. The Balaban J connectivity index is 1.67. The summed E-state index contributed by atoms with van der Waals surface area (Å²) in [6.07, 6.45) is 4.02. The Kier molecular flexibility index (Phi) is 5.61. The third-order valence-corrected chi connectivity index (χ3v) is 13.6. The lowest BCUT2D eigenvalue weighted by molar-refractivity contribution is -0.279. The third kappa shape index (κ3) is 2.80. The summed E-state index contributed by atoms with van der Waals surface area (Å²) in [7, 11) is 0. The molecule has 6 nitrogen and oxygen atoms in total. The number of aliphatic carboxylic acids is 1. The molecule has 12 atom stereocenters. The number of fused-ring (bicyclic) bond motifs is 7. The fraction of sp³-hybridized carbons (Fsp3) is 0.900. The van der Waals surface area contributed by atoms with Gasteiger partial charge in [0.05, 0.1) is 23.2 Å². The van der Waals surface area contributed by atoms with Crippen molar-refractivity contribution >= 4 is 5.97 Å². The fourth-order valence-corrected chi connectivity index (χ4v) is 10.9. The van der Waals surface area contributed by atoms with Crippen LogP contribution < -0.4 is 0 Å². The first-order valence-electron chi connectivity index (χ1n) is 14.1. The van der Waals surface area contributed by atoms with E-state index in [-0.39, 0.29) is 28.6 Å². The van der Waals surface area contributed by atoms with Gasteiger partial charge in [-0.2, -0.15) is 0 Å². The predicted octanol–water partition coefficient (Wildman–Crippen LogP) is 4.15. The van der Waals surface area contributed by atoms with Gasteiger partial charge in [-0.1, -0.05) is 53.2 Å². The molecule has 0 saturated heterocycles. The number of aliphatic hydroxyl groups is 4. The van der Waals surface area contributed by atoms with E-state index in [2.05, 4.69) is 26.8 Å². The molecule has 0 radical (unpaired) electrons. The zero-order valence-corrected chi connectivity index (χ0v) is 23.2. The molecule has 0 bridgehead atoms. The summed E-state index contributed by atoms with van der Waals surface area (Å²) in [5, 5.41) is 55.9. The summed E-state index contributed by atoms with van der Waals surface area (Å²) in [5.74, 6) is -1.10. The lowest BCUT2D eigenvalue weighted by atomic mass is 9.32. The number of rotatable bonds is 1. The SMILES string of the molecule is CC1CC[C@]2(C(=O)O)CC[C@]3(C)C(=CC[C@@H]4[C@@]5(C)C(O)C(O)C(O)C(C)(C)[C@@H]5CC[C@]43C)[C@@H]2[C@]1(C)O. The van der Waals surface area contributed by atoms with Gasteiger partial charge in [0.1, 0.15) is 6.10 Å². The minimum atomic E-state index is -1.20. The highest BCUT2D eigenvalue weighted by Gasteiger charge is 2.73. The maximum absolute atomic E-state index is 12.8. The molecule has 5 aliphatic rings. The van der Waals surface area contributed by atoms with Gasteiger partial charge in [-0.25, -0.2) is 0 Å². The Bertz CT molecular complexity index is 986. The largest absolute Gasteiger partial charge is 0.481 e. The van der Waals surface area contributed by atoms with Crippen LogP contribution in [0.15, 0.2) is 11.6 Å². The Morgan fingerprint density at radius 2 is 1.53 bits per heavy atom. The van der Waals surface area contributed by atoms with E-state index in [1.165, 1.54) is 0 Å². The molecule has 0 aliphatic heterocycles. The van der Waals surface area contributed by atoms with Gasteiger partial charge in [0, 0.05) is 11.3 Å². The van der Waals surface area contributed by atoms with Gasteiger partial charge in [-0.3, -0.25) is 4.79 Å².